The molecular formula is C14H28N2S. The molecule has 0 aromatic carbocycles. The molecule has 0 radical (unpaired) electrons. The van der Waals surface area contributed by atoms with Crippen LogP contribution < -0.4 is 0 Å². The molecular weight excluding hydrogens is 228 g/mol. The molecule has 2 fully saturated rings. The summed E-state index contributed by atoms with van der Waals surface area (Å²) >= 11 is 4.62. The molecule has 1 aliphatic heterocycles. The third-order valence-corrected chi connectivity index (χ3v) is 5.48. The second kappa shape index (κ2) is 5.94. The topological polar surface area (TPSA) is 6.48 Å². The summed E-state index contributed by atoms with van der Waals surface area (Å²) in [5.74, 6) is 1.07. The number of thiol groups is 1. The van der Waals surface area contributed by atoms with E-state index in [1.165, 1.54) is 58.2 Å². The number of nitrogens with zero attached hydrogens (tertiary/aromatic N) is 2. The highest BCUT2D eigenvalue weighted by Crippen LogP contribution is 2.40. The molecule has 1 atom stereocenters. The summed E-state index contributed by atoms with van der Waals surface area (Å²) in [7, 11) is 4.58. The van der Waals surface area contributed by atoms with Gasteiger partial charge in [0.15, 0.2) is 0 Å². The van der Waals surface area contributed by atoms with E-state index in [0.29, 0.717) is 5.41 Å². The second-order valence-corrected chi connectivity index (χ2v) is 6.65. The van der Waals surface area contributed by atoms with Gasteiger partial charge in [-0.25, -0.2) is 0 Å². The molecule has 100 valence electrons. The van der Waals surface area contributed by atoms with Gasteiger partial charge < -0.3 is 9.80 Å². The fraction of sp³-hybridized carbons (Fsp3) is 1.00. The molecule has 1 aliphatic carbocycles. The molecule has 3 heteroatoms. The van der Waals surface area contributed by atoms with Crippen molar-refractivity contribution in [3.63, 3.8) is 0 Å². The molecule has 0 aromatic heterocycles. The van der Waals surface area contributed by atoms with Crippen LogP contribution in [0.25, 0.3) is 0 Å². The lowest BCUT2D eigenvalue weighted by Crippen LogP contribution is -2.48. The molecule has 2 nitrogen and oxygen atoms in total. The minimum Gasteiger partial charge on any atom is -0.305 e. The van der Waals surface area contributed by atoms with Crippen molar-refractivity contribution in [3.8, 4) is 0 Å². The Morgan fingerprint density at radius 2 is 2.00 bits per heavy atom. The van der Waals surface area contributed by atoms with Crippen LogP contribution in [-0.2, 0) is 0 Å². The SMILES string of the molecule is CN1CCCC(N(C)CC2(CS)CCCC2)C1. The number of hydrogen-bond acceptors (Lipinski definition) is 3. The zero-order valence-corrected chi connectivity index (χ0v) is 12.4. The van der Waals surface area contributed by atoms with Crippen molar-refractivity contribution < 1.29 is 0 Å². The first-order valence-corrected chi connectivity index (χ1v) is 7.78. The molecule has 1 unspecified atom stereocenters. The van der Waals surface area contributed by atoms with Crippen molar-refractivity contribution >= 4 is 12.6 Å². The van der Waals surface area contributed by atoms with Crippen molar-refractivity contribution in [1.82, 2.24) is 9.80 Å². The van der Waals surface area contributed by atoms with E-state index >= 15 is 0 Å². The summed E-state index contributed by atoms with van der Waals surface area (Å²) in [5.41, 5.74) is 0.522. The van der Waals surface area contributed by atoms with E-state index in [-0.39, 0.29) is 0 Å². The predicted octanol–water partition coefficient (Wildman–Crippen LogP) is 2.50. The van der Waals surface area contributed by atoms with Crippen molar-refractivity contribution in [2.75, 3.05) is 39.5 Å². The molecule has 0 amide bonds. The molecule has 2 rings (SSSR count). The zero-order chi connectivity index (χ0) is 12.3. The van der Waals surface area contributed by atoms with Crippen LogP contribution in [0.3, 0.4) is 0 Å². The number of piperidine rings is 1. The maximum Gasteiger partial charge on any atom is 0.0220 e. The molecule has 17 heavy (non-hydrogen) atoms. The summed E-state index contributed by atoms with van der Waals surface area (Å²) < 4.78 is 0. The molecule has 1 saturated carbocycles. The van der Waals surface area contributed by atoms with Crippen molar-refractivity contribution in [1.29, 1.82) is 0 Å². The Morgan fingerprint density at radius 3 is 2.59 bits per heavy atom. The molecule has 0 aromatic rings. The molecule has 0 spiro atoms. The Bertz CT molecular complexity index is 238. The van der Waals surface area contributed by atoms with E-state index in [2.05, 4.69) is 36.5 Å². The maximum atomic E-state index is 4.62. The Hall–Kier alpha value is 0.270. The van der Waals surface area contributed by atoms with Gasteiger partial charge >= 0.3 is 0 Å². The van der Waals surface area contributed by atoms with Gasteiger partial charge in [0.2, 0.25) is 0 Å². The molecule has 0 N–H and O–H groups in total. The Labute approximate surface area is 112 Å². The fourth-order valence-electron chi connectivity index (χ4n) is 3.65. The molecule has 0 bridgehead atoms. The van der Waals surface area contributed by atoms with Crippen LogP contribution >= 0.6 is 12.6 Å². The van der Waals surface area contributed by atoms with Crippen LogP contribution in [0.15, 0.2) is 0 Å². The van der Waals surface area contributed by atoms with Gasteiger partial charge in [-0.2, -0.15) is 12.6 Å². The molecule has 2 aliphatic rings. The van der Waals surface area contributed by atoms with Crippen molar-refractivity contribution in [2.45, 2.75) is 44.6 Å². The highest BCUT2D eigenvalue weighted by Gasteiger charge is 2.35. The second-order valence-electron chi connectivity index (χ2n) is 6.34. The standard InChI is InChI=1S/C14H28N2S/c1-15-9-5-6-13(10-15)16(2)11-14(12-17)7-3-4-8-14/h13,17H,3-12H2,1-2H3. The van der Waals surface area contributed by atoms with Crippen LogP contribution in [0.4, 0.5) is 0 Å². The van der Waals surface area contributed by atoms with Gasteiger partial charge in [0.1, 0.15) is 0 Å². The predicted molar refractivity (Wildman–Crippen MR) is 77.9 cm³/mol. The van der Waals surface area contributed by atoms with E-state index in [9.17, 15) is 0 Å². The highest BCUT2D eigenvalue weighted by atomic mass is 32.1. The van der Waals surface area contributed by atoms with Gasteiger partial charge in [0.05, 0.1) is 0 Å². The van der Waals surface area contributed by atoms with Gasteiger partial charge in [0.25, 0.3) is 0 Å². The normalized spacial score (nSPS) is 30.0. The van der Waals surface area contributed by atoms with Crippen LogP contribution in [0, 0.1) is 5.41 Å². The number of rotatable bonds is 4. The molecule has 1 saturated heterocycles. The van der Waals surface area contributed by atoms with Gasteiger partial charge in [-0.05, 0) is 57.5 Å². The first-order chi connectivity index (χ1) is 8.15. The van der Waals surface area contributed by atoms with Gasteiger partial charge in [-0.3, -0.25) is 0 Å². The Balaban J connectivity index is 1.88. The third-order valence-electron chi connectivity index (χ3n) is 4.81. The largest absolute Gasteiger partial charge is 0.305 e. The van der Waals surface area contributed by atoms with E-state index in [4.69, 9.17) is 0 Å². The minimum atomic E-state index is 0.522. The van der Waals surface area contributed by atoms with Crippen LogP contribution in [0.1, 0.15) is 38.5 Å². The quantitative estimate of drug-likeness (QED) is 0.772. The third kappa shape index (κ3) is 3.39. The van der Waals surface area contributed by atoms with E-state index in [0.717, 1.165) is 11.8 Å². The first kappa shape index (κ1) is 13.7. The summed E-state index contributed by atoms with van der Waals surface area (Å²) in [4.78, 5) is 5.10. The summed E-state index contributed by atoms with van der Waals surface area (Å²) in [6, 6.07) is 0.770. The van der Waals surface area contributed by atoms with Crippen molar-refractivity contribution in [3.05, 3.63) is 0 Å². The lowest BCUT2D eigenvalue weighted by atomic mass is 9.87. The van der Waals surface area contributed by atoms with E-state index in [1.807, 2.05) is 0 Å². The maximum absolute atomic E-state index is 4.62. The average molecular weight is 256 g/mol. The smallest absolute Gasteiger partial charge is 0.0220 e. The van der Waals surface area contributed by atoms with Gasteiger partial charge in [-0.15, -0.1) is 0 Å². The summed E-state index contributed by atoms with van der Waals surface area (Å²) in [6.07, 6.45) is 8.35. The Kier molecular flexibility index (Phi) is 4.79. The van der Waals surface area contributed by atoms with Gasteiger partial charge in [0, 0.05) is 19.1 Å². The number of hydrogen-bond donors (Lipinski definition) is 1. The summed E-state index contributed by atoms with van der Waals surface area (Å²) in [5, 5.41) is 0. The monoisotopic (exact) mass is 256 g/mol. The first-order valence-electron chi connectivity index (χ1n) is 7.15. The van der Waals surface area contributed by atoms with Crippen LogP contribution in [0.5, 0.6) is 0 Å². The van der Waals surface area contributed by atoms with E-state index < -0.39 is 0 Å². The number of likely N-dealkylation sites (N-methyl/N-ethyl adjacent to an activating group) is 2. The fourth-order valence-corrected chi connectivity index (χ4v) is 4.06. The average Bonchev–Trinajstić information content (AvgIpc) is 2.78. The summed E-state index contributed by atoms with van der Waals surface area (Å²) in [6.45, 7) is 3.79. The lowest BCUT2D eigenvalue weighted by molar-refractivity contribution is 0.0968. The lowest BCUT2D eigenvalue weighted by Gasteiger charge is -2.40. The van der Waals surface area contributed by atoms with E-state index in [1.54, 1.807) is 0 Å². The Morgan fingerprint density at radius 1 is 1.29 bits per heavy atom. The number of likely N-dealkylation sites (tertiary alicyclic amines) is 1. The minimum absolute atomic E-state index is 0.522. The zero-order valence-electron chi connectivity index (χ0n) is 11.5. The van der Waals surface area contributed by atoms with Crippen LogP contribution in [-0.4, -0.2) is 55.3 Å². The van der Waals surface area contributed by atoms with Crippen LogP contribution in [0.2, 0.25) is 0 Å². The molecule has 1 heterocycles. The highest BCUT2D eigenvalue weighted by molar-refractivity contribution is 7.80. The van der Waals surface area contributed by atoms with Crippen molar-refractivity contribution in [2.24, 2.45) is 5.41 Å². The van der Waals surface area contributed by atoms with Gasteiger partial charge in [-0.1, -0.05) is 12.8 Å².